The van der Waals surface area contributed by atoms with E-state index in [1.165, 1.54) is 5.69 Å². The molecule has 0 atom stereocenters. The van der Waals surface area contributed by atoms with E-state index in [4.69, 9.17) is 12.8 Å². The molecule has 0 N–H and O–H groups in total. The Kier molecular flexibility index (Phi) is 14.3. The van der Waals surface area contributed by atoms with Gasteiger partial charge in [0, 0.05) is 32.2 Å². The van der Waals surface area contributed by atoms with Gasteiger partial charge >= 0.3 is 11.9 Å². The molecule has 5 heteroatoms. The fraction of sp³-hybridized carbons (Fsp3) is 0.353. The summed E-state index contributed by atoms with van der Waals surface area (Å²) in [5.41, 5.74) is 1.19. The van der Waals surface area contributed by atoms with Crippen LogP contribution in [-0.4, -0.2) is 31.0 Å². The number of hydrogen-bond donors (Lipinski definition) is 0. The molecule has 1 rings (SSSR count). The van der Waals surface area contributed by atoms with Crippen LogP contribution < -0.4 is 4.90 Å². The van der Waals surface area contributed by atoms with Gasteiger partial charge in [0.15, 0.2) is 0 Å². The summed E-state index contributed by atoms with van der Waals surface area (Å²) in [5, 5.41) is 0. The van der Waals surface area contributed by atoms with Crippen molar-refractivity contribution < 1.29 is 14.3 Å². The summed E-state index contributed by atoms with van der Waals surface area (Å²) in [4.78, 5) is 26.9. The molecule has 0 aliphatic heterocycles. The second kappa shape index (κ2) is 14.6. The Labute approximate surface area is 132 Å². The minimum absolute atomic E-state index is 0.212. The van der Waals surface area contributed by atoms with Crippen molar-refractivity contribution in [2.24, 2.45) is 0 Å². The van der Waals surface area contributed by atoms with Crippen LogP contribution >= 0.6 is 0 Å². The normalized spacial score (nSPS) is 7.73. The van der Waals surface area contributed by atoms with Crippen molar-refractivity contribution in [1.29, 1.82) is 0 Å². The number of carbonyl (C=O) groups is 2. The Balaban J connectivity index is 0. The Bertz CT molecular complexity index is 485. The number of nitrogens with zero attached hydrogens (tertiary/aromatic N) is 2. The summed E-state index contributed by atoms with van der Waals surface area (Å²) in [6, 6.07) is 3.94. The molecule has 0 saturated heterocycles. The lowest BCUT2D eigenvalue weighted by molar-refractivity contribution is -0.158. The van der Waals surface area contributed by atoms with Gasteiger partial charge in [0.1, 0.15) is 12.8 Å². The highest BCUT2D eigenvalue weighted by Gasteiger charge is 2.06. The topological polar surface area (TPSA) is 59.5 Å². The standard InChI is InChI=1S/C8H6O3.C7H10N2.C2H6/c1-3-5-7(9)11-8(10)6-4-2;1-9(2)7-3-5-8-6-4-7;1-2/h1-2H,5-6H2;3-6H,1-2H3;1-2H3. The van der Waals surface area contributed by atoms with E-state index in [2.05, 4.69) is 9.72 Å². The van der Waals surface area contributed by atoms with Gasteiger partial charge in [-0.2, -0.15) is 0 Å². The molecule has 5 nitrogen and oxygen atoms in total. The molecule has 0 saturated carbocycles. The van der Waals surface area contributed by atoms with E-state index in [1.807, 2.05) is 56.8 Å². The lowest BCUT2D eigenvalue weighted by atomic mass is 10.4. The van der Waals surface area contributed by atoms with Crippen molar-refractivity contribution in [3.8, 4) is 24.7 Å². The van der Waals surface area contributed by atoms with Gasteiger partial charge in [0.25, 0.3) is 0 Å². The van der Waals surface area contributed by atoms with E-state index in [0.29, 0.717) is 0 Å². The average Bonchev–Trinajstić information content (AvgIpc) is 2.51. The first kappa shape index (κ1) is 21.5. The number of aromatic nitrogens is 1. The number of esters is 2. The second-order valence-electron chi connectivity index (χ2n) is 3.71. The van der Waals surface area contributed by atoms with E-state index >= 15 is 0 Å². The Morgan fingerprint density at radius 3 is 1.77 bits per heavy atom. The van der Waals surface area contributed by atoms with Crippen LogP contribution in [0.4, 0.5) is 5.69 Å². The number of ether oxygens (including phenoxy) is 1. The molecule has 0 spiro atoms. The minimum atomic E-state index is -0.743. The van der Waals surface area contributed by atoms with Gasteiger partial charge in [-0.25, -0.2) is 0 Å². The number of pyridine rings is 1. The van der Waals surface area contributed by atoms with Crippen LogP contribution in [0.15, 0.2) is 24.5 Å². The highest BCUT2D eigenvalue weighted by Crippen LogP contribution is 2.05. The first-order valence-corrected chi connectivity index (χ1v) is 6.69. The van der Waals surface area contributed by atoms with Gasteiger partial charge in [0.2, 0.25) is 0 Å². The molecular formula is C17H22N2O3. The molecule has 0 amide bonds. The smallest absolute Gasteiger partial charge is 0.325 e. The summed E-state index contributed by atoms with van der Waals surface area (Å²) in [6.07, 6.45) is 12.7. The van der Waals surface area contributed by atoms with Crippen LogP contribution in [0.2, 0.25) is 0 Å². The number of hydrogen-bond acceptors (Lipinski definition) is 5. The monoisotopic (exact) mass is 302 g/mol. The maximum atomic E-state index is 10.5. The zero-order valence-electron chi connectivity index (χ0n) is 13.5. The number of terminal acetylenes is 2. The van der Waals surface area contributed by atoms with Gasteiger partial charge in [-0.3, -0.25) is 14.6 Å². The quantitative estimate of drug-likeness (QED) is 0.487. The van der Waals surface area contributed by atoms with E-state index in [9.17, 15) is 9.59 Å². The summed E-state index contributed by atoms with van der Waals surface area (Å²) >= 11 is 0. The fourth-order valence-electron chi connectivity index (χ4n) is 1.01. The molecule has 0 fully saturated rings. The highest BCUT2D eigenvalue weighted by atomic mass is 16.6. The second-order valence-corrected chi connectivity index (χ2v) is 3.71. The van der Waals surface area contributed by atoms with Crippen molar-refractivity contribution in [1.82, 2.24) is 4.98 Å². The van der Waals surface area contributed by atoms with Crippen LogP contribution in [0.25, 0.3) is 0 Å². The van der Waals surface area contributed by atoms with Gasteiger partial charge in [0.05, 0.1) is 0 Å². The number of carbonyl (C=O) groups excluding carboxylic acids is 2. The molecule has 0 unspecified atom stereocenters. The molecule has 0 aliphatic rings. The Morgan fingerprint density at radius 1 is 1.09 bits per heavy atom. The molecule has 0 radical (unpaired) electrons. The molecule has 0 aliphatic carbocycles. The van der Waals surface area contributed by atoms with Crippen LogP contribution in [0, 0.1) is 24.7 Å². The van der Waals surface area contributed by atoms with Gasteiger partial charge in [-0.1, -0.05) is 25.7 Å². The van der Waals surface area contributed by atoms with Crippen molar-refractivity contribution in [3.05, 3.63) is 24.5 Å². The molecule has 1 heterocycles. The van der Waals surface area contributed by atoms with Crippen LogP contribution in [0.3, 0.4) is 0 Å². The zero-order chi connectivity index (χ0) is 17.4. The third kappa shape index (κ3) is 12.3. The summed E-state index contributed by atoms with van der Waals surface area (Å²) in [5.74, 6) is 2.59. The zero-order valence-corrected chi connectivity index (χ0v) is 13.5. The Morgan fingerprint density at radius 2 is 1.50 bits per heavy atom. The van der Waals surface area contributed by atoms with Crippen molar-refractivity contribution >= 4 is 17.6 Å². The molecule has 1 aromatic rings. The molecule has 0 aromatic carbocycles. The van der Waals surface area contributed by atoms with Crippen molar-refractivity contribution in [2.75, 3.05) is 19.0 Å². The van der Waals surface area contributed by atoms with E-state index in [1.54, 1.807) is 12.4 Å². The lowest BCUT2D eigenvalue weighted by Gasteiger charge is -2.10. The predicted octanol–water partition coefficient (Wildman–Crippen LogP) is 2.28. The fourth-order valence-corrected chi connectivity index (χ4v) is 1.01. The van der Waals surface area contributed by atoms with Gasteiger partial charge in [-0.05, 0) is 12.1 Å². The summed E-state index contributed by atoms with van der Waals surface area (Å²) in [6.45, 7) is 4.00. The SMILES string of the molecule is C#CCC(=O)OC(=O)CC#C.CC.CN(C)c1ccncc1. The average molecular weight is 302 g/mol. The van der Waals surface area contributed by atoms with Gasteiger partial charge in [-0.15, -0.1) is 12.8 Å². The maximum absolute atomic E-state index is 10.5. The lowest BCUT2D eigenvalue weighted by Crippen LogP contribution is -2.10. The van der Waals surface area contributed by atoms with Crippen LogP contribution in [-0.2, 0) is 14.3 Å². The third-order valence-corrected chi connectivity index (χ3v) is 1.90. The van der Waals surface area contributed by atoms with E-state index in [0.717, 1.165) is 0 Å². The van der Waals surface area contributed by atoms with Gasteiger partial charge < -0.3 is 9.64 Å². The summed E-state index contributed by atoms with van der Waals surface area (Å²) in [7, 11) is 4.02. The number of rotatable bonds is 3. The predicted molar refractivity (Wildman–Crippen MR) is 87.9 cm³/mol. The molecule has 0 bridgehead atoms. The van der Waals surface area contributed by atoms with E-state index < -0.39 is 11.9 Å². The number of anilines is 1. The minimum Gasteiger partial charge on any atom is -0.392 e. The van der Waals surface area contributed by atoms with Crippen molar-refractivity contribution in [2.45, 2.75) is 26.7 Å². The maximum Gasteiger partial charge on any atom is 0.325 e. The molecule has 1 aromatic heterocycles. The van der Waals surface area contributed by atoms with Crippen LogP contribution in [0.1, 0.15) is 26.7 Å². The largest absolute Gasteiger partial charge is 0.392 e. The first-order valence-electron chi connectivity index (χ1n) is 6.69. The third-order valence-electron chi connectivity index (χ3n) is 1.90. The highest BCUT2D eigenvalue weighted by molar-refractivity contribution is 5.87. The first-order chi connectivity index (χ1) is 10.5. The molecule has 22 heavy (non-hydrogen) atoms. The molecule has 118 valence electrons. The van der Waals surface area contributed by atoms with E-state index in [-0.39, 0.29) is 12.8 Å². The van der Waals surface area contributed by atoms with Crippen molar-refractivity contribution in [3.63, 3.8) is 0 Å². The Hall–Kier alpha value is -2.79. The van der Waals surface area contributed by atoms with Crippen LogP contribution in [0.5, 0.6) is 0 Å². The molecular weight excluding hydrogens is 280 g/mol. The summed E-state index contributed by atoms with van der Waals surface area (Å²) < 4.78 is 4.17.